The first-order valence-corrected chi connectivity index (χ1v) is 8.26. The molecule has 2 rings (SSSR count). The van der Waals surface area contributed by atoms with E-state index in [-0.39, 0.29) is 0 Å². The Morgan fingerprint density at radius 3 is 2.61 bits per heavy atom. The zero-order chi connectivity index (χ0) is 17.1. The van der Waals surface area contributed by atoms with Crippen molar-refractivity contribution in [3.8, 4) is 0 Å². The lowest BCUT2D eigenvalue weighted by molar-refractivity contribution is 0.0109. The van der Waals surface area contributed by atoms with Crippen LogP contribution in [0.1, 0.15) is 39.2 Å². The second-order valence-corrected chi connectivity index (χ2v) is 7.49. The van der Waals surface area contributed by atoms with Crippen LogP contribution >= 0.6 is 11.6 Å². The number of aliphatic hydroxyl groups is 1. The molecule has 6 heteroatoms. The lowest BCUT2D eigenvalue weighted by Gasteiger charge is -2.33. The van der Waals surface area contributed by atoms with Crippen LogP contribution in [0.15, 0.2) is 18.2 Å². The molecule has 0 saturated carbocycles. The van der Waals surface area contributed by atoms with E-state index in [9.17, 15) is 9.90 Å². The zero-order valence-corrected chi connectivity index (χ0v) is 14.7. The molecule has 3 N–H and O–H groups in total. The van der Waals surface area contributed by atoms with Gasteiger partial charge in [-0.1, -0.05) is 17.7 Å². The quantitative estimate of drug-likeness (QED) is 0.789. The minimum atomic E-state index is -0.713. The molecule has 0 atom stereocenters. The van der Waals surface area contributed by atoms with Gasteiger partial charge in [-0.3, -0.25) is 5.32 Å². The monoisotopic (exact) mass is 340 g/mol. The van der Waals surface area contributed by atoms with Gasteiger partial charge >= 0.3 is 6.09 Å². The van der Waals surface area contributed by atoms with Crippen LogP contribution in [0, 0.1) is 0 Å². The van der Waals surface area contributed by atoms with Crippen molar-refractivity contribution in [2.24, 2.45) is 0 Å². The van der Waals surface area contributed by atoms with Crippen molar-refractivity contribution in [2.75, 3.05) is 18.4 Å². The lowest BCUT2D eigenvalue weighted by Crippen LogP contribution is -2.43. The van der Waals surface area contributed by atoms with Gasteiger partial charge in [0.25, 0.3) is 0 Å². The van der Waals surface area contributed by atoms with E-state index >= 15 is 0 Å². The smallest absolute Gasteiger partial charge is 0.412 e. The highest BCUT2D eigenvalue weighted by Gasteiger charge is 2.30. The Labute approximate surface area is 142 Å². The molecule has 0 spiro atoms. The number of hydrogen-bond donors (Lipinski definition) is 3. The second-order valence-electron chi connectivity index (χ2n) is 7.08. The van der Waals surface area contributed by atoms with Gasteiger partial charge in [0.2, 0.25) is 0 Å². The van der Waals surface area contributed by atoms with Gasteiger partial charge in [0, 0.05) is 17.1 Å². The Morgan fingerprint density at radius 1 is 1.39 bits per heavy atom. The van der Waals surface area contributed by atoms with Crippen molar-refractivity contribution in [3.05, 3.63) is 28.8 Å². The van der Waals surface area contributed by atoms with Crippen LogP contribution in [0.25, 0.3) is 0 Å². The number of amides is 1. The molecule has 1 fully saturated rings. The van der Waals surface area contributed by atoms with Crippen molar-refractivity contribution in [1.82, 2.24) is 5.32 Å². The normalized spacial score (nSPS) is 17.6. The van der Waals surface area contributed by atoms with Crippen LogP contribution < -0.4 is 10.6 Å². The van der Waals surface area contributed by atoms with Crippen molar-refractivity contribution in [1.29, 1.82) is 0 Å². The third-order valence-electron chi connectivity index (χ3n) is 3.75. The number of rotatable bonds is 3. The zero-order valence-electron chi connectivity index (χ0n) is 13.9. The molecular weight excluding hydrogens is 316 g/mol. The van der Waals surface area contributed by atoms with E-state index in [1.807, 2.05) is 26.8 Å². The number of anilines is 1. The molecule has 0 unspecified atom stereocenters. The maximum Gasteiger partial charge on any atom is 0.412 e. The fraction of sp³-hybridized carbons (Fsp3) is 0.588. The Morgan fingerprint density at radius 2 is 2.04 bits per heavy atom. The first-order valence-electron chi connectivity index (χ1n) is 7.88. The first-order chi connectivity index (χ1) is 10.7. The van der Waals surface area contributed by atoms with Gasteiger partial charge in [-0.05, 0) is 64.4 Å². The molecule has 1 aliphatic rings. The van der Waals surface area contributed by atoms with Gasteiger partial charge < -0.3 is 15.2 Å². The van der Waals surface area contributed by atoms with Crippen molar-refractivity contribution in [3.63, 3.8) is 0 Å². The number of carbonyl (C=O) groups excluding carboxylic acids is 1. The number of nitrogens with one attached hydrogen (secondary N) is 2. The summed E-state index contributed by atoms with van der Waals surface area (Å²) in [5.41, 5.74) is 0.192. The predicted molar refractivity (Wildman–Crippen MR) is 92.1 cm³/mol. The molecule has 5 nitrogen and oxygen atoms in total. The predicted octanol–water partition coefficient (Wildman–Crippen LogP) is 3.34. The van der Waals surface area contributed by atoms with Crippen LogP contribution in [0.5, 0.6) is 0 Å². The van der Waals surface area contributed by atoms with Gasteiger partial charge in [-0.15, -0.1) is 0 Å². The minimum absolute atomic E-state index is 0.514. The van der Waals surface area contributed by atoms with E-state index in [1.165, 1.54) is 0 Å². The molecule has 0 aliphatic carbocycles. The summed E-state index contributed by atoms with van der Waals surface area (Å²) < 4.78 is 5.21. The Bertz CT molecular complexity index is 563. The fourth-order valence-corrected chi connectivity index (χ4v) is 2.86. The molecule has 1 amide bonds. The van der Waals surface area contributed by atoms with Gasteiger partial charge in [-0.25, -0.2) is 4.79 Å². The van der Waals surface area contributed by atoms with Gasteiger partial charge in [0.1, 0.15) is 5.60 Å². The summed E-state index contributed by atoms with van der Waals surface area (Å²) >= 11 is 6.31. The van der Waals surface area contributed by atoms with Crippen LogP contribution in [0.2, 0.25) is 5.02 Å². The molecule has 23 heavy (non-hydrogen) atoms. The number of carbonyl (C=O) groups is 1. The number of halogens is 1. The highest BCUT2D eigenvalue weighted by Crippen LogP contribution is 2.29. The topological polar surface area (TPSA) is 70.6 Å². The van der Waals surface area contributed by atoms with Gasteiger partial charge in [-0.2, -0.15) is 0 Å². The van der Waals surface area contributed by atoms with Crippen LogP contribution in [0.4, 0.5) is 10.5 Å². The summed E-state index contributed by atoms with van der Waals surface area (Å²) in [7, 11) is 0. The summed E-state index contributed by atoms with van der Waals surface area (Å²) in [6, 6.07) is 5.30. The van der Waals surface area contributed by atoms with E-state index in [2.05, 4.69) is 10.6 Å². The highest BCUT2D eigenvalue weighted by molar-refractivity contribution is 6.31. The molecule has 0 aromatic heterocycles. The van der Waals surface area contributed by atoms with E-state index in [1.54, 1.807) is 12.1 Å². The largest absolute Gasteiger partial charge is 0.444 e. The SMILES string of the molecule is CC(C)(C)OC(=O)Nc1ccc(CC2(O)CCNCC2)c(Cl)c1. The molecule has 128 valence electrons. The molecule has 0 radical (unpaired) electrons. The average molecular weight is 341 g/mol. The van der Waals surface area contributed by atoms with E-state index in [4.69, 9.17) is 16.3 Å². The van der Waals surface area contributed by atoms with Gasteiger partial charge in [0.05, 0.1) is 5.60 Å². The number of benzene rings is 1. The molecule has 1 aromatic rings. The lowest BCUT2D eigenvalue weighted by atomic mass is 9.86. The maximum absolute atomic E-state index is 11.8. The molecule has 0 bridgehead atoms. The van der Waals surface area contributed by atoms with Crippen molar-refractivity contribution < 1.29 is 14.6 Å². The van der Waals surface area contributed by atoms with Crippen molar-refractivity contribution in [2.45, 2.75) is 51.2 Å². The molecule has 1 heterocycles. The average Bonchev–Trinajstić information content (AvgIpc) is 2.40. The first kappa shape index (κ1) is 18.0. The standard InChI is InChI=1S/C17H25ClN2O3/c1-16(2,3)23-15(21)20-13-5-4-12(14(18)10-13)11-17(22)6-8-19-9-7-17/h4-5,10,19,22H,6-9,11H2,1-3H3,(H,20,21). The van der Waals surface area contributed by atoms with Crippen LogP contribution in [0.3, 0.4) is 0 Å². The van der Waals surface area contributed by atoms with Gasteiger partial charge in [0.15, 0.2) is 0 Å². The highest BCUT2D eigenvalue weighted by atomic mass is 35.5. The summed E-state index contributed by atoms with van der Waals surface area (Å²) in [6.45, 7) is 7.05. The van der Waals surface area contributed by atoms with E-state index in [0.29, 0.717) is 30.0 Å². The summed E-state index contributed by atoms with van der Waals surface area (Å²) in [6.07, 6.45) is 1.42. The van der Waals surface area contributed by atoms with Crippen molar-refractivity contribution >= 4 is 23.4 Å². The second kappa shape index (κ2) is 7.07. The molecular formula is C17H25ClN2O3. The Balaban J connectivity index is 2.01. The van der Waals surface area contributed by atoms with Crippen LogP contribution in [-0.4, -0.2) is 35.5 Å². The number of hydrogen-bond acceptors (Lipinski definition) is 4. The number of ether oxygens (including phenoxy) is 1. The minimum Gasteiger partial charge on any atom is -0.444 e. The third-order valence-corrected chi connectivity index (χ3v) is 4.10. The summed E-state index contributed by atoms with van der Waals surface area (Å²) in [4.78, 5) is 11.8. The fourth-order valence-electron chi connectivity index (χ4n) is 2.61. The van der Waals surface area contributed by atoms with E-state index < -0.39 is 17.3 Å². The molecule has 1 aromatic carbocycles. The Hall–Kier alpha value is -1.30. The third kappa shape index (κ3) is 5.68. The maximum atomic E-state index is 11.8. The summed E-state index contributed by atoms with van der Waals surface area (Å²) in [5.74, 6) is 0. The van der Waals surface area contributed by atoms with E-state index in [0.717, 1.165) is 18.7 Å². The van der Waals surface area contributed by atoms with Crippen LogP contribution in [-0.2, 0) is 11.2 Å². The number of piperidine rings is 1. The Kier molecular flexibility index (Phi) is 5.55. The molecule has 1 saturated heterocycles. The summed E-state index contributed by atoms with van der Waals surface area (Å²) in [5, 5.41) is 17.0. The molecule has 1 aliphatic heterocycles.